The lowest BCUT2D eigenvalue weighted by molar-refractivity contribution is 0.0261. The molecule has 6 rings (SSSR count). The minimum atomic E-state index is 0. The molecule has 10 nitrogen and oxygen atoms in total. The Balaban J connectivity index is 0.00000308. The highest BCUT2D eigenvalue weighted by Gasteiger charge is 2.24. The van der Waals surface area contributed by atoms with Crippen LogP contribution >= 0.6 is 11.6 Å². The van der Waals surface area contributed by atoms with Gasteiger partial charge in [-0.05, 0) is 19.2 Å². The van der Waals surface area contributed by atoms with Gasteiger partial charge in [0, 0.05) is 57.7 Å². The molecule has 4 heterocycles. The number of aromatic nitrogens is 2. The standard InChI is InChI=1S/C27H32ClN5O5.CH4/c1-32-6-8-33(9-7-32)10-13-35-19-14-21-24(23(15-19)38-18-4-11-34-12-5-18)27(30-16-29-21)31-25-20(28)2-3-22-26(25)37-17-36-22;/h2-3,14-16,18H,4-13,17H2,1H3,(H,29,30,31);1H4. The predicted octanol–water partition coefficient (Wildman–Crippen LogP) is 4.58. The van der Waals surface area contributed by atoms with Crippen molar-refractivity contribution in [1.29, 1.82) is 0 Å². The summed E-state index contributed by atoms with van der Waals surface area (Å²) in [6.45, 7) is 7.22. The van der Waals surface area contributed by atoms with Crippen LogP contribution in [0.4, 0.5) is 11.5 Å². The molecule has 3 aliphatic rings. The van der Waals surface area contributed by atoms with E-state index < -0.39 is 0 Å². The van der Waals surface area contributed by atoms with Crippen LogP contribution in [0.1, 0.15) is 20.3 Å². The monoisotopic (exact) mass is 557 g/mol. The van der Waals surface area contributed by atoms with Crippen molar-refractivity contribution in [3.8, 4) is 23.0 Å². The van der Waals surface area contributed by atoms with E-state index >= 15 is 0 Å². The molecule has 0 bridgehead atoms. The zero-order valence-electron chi connectivity index (χ0n) is 21.5. The molecule has 2 saturated heterocycles. The average molecular weight is 558 g/mol. The van der Waals surface area contributed by atoms with Crippen LogP contribution in [-0.2, 0) is 4.74 Å². The van der Waals surface area contributed by atoms with Crippen molar-refractivity contribution in [2.24, 2.45) is 0 Å². The molecule has 2 fully saturated rings. The first kappa shape index (κ1) is 27.5. The summed E-state index contributed by atoms with van der Waals surface area (Å²) < 4.78 is 29.5. The van der Waals surface area contributed by atoms with Gasteiger partial charge >= 0.3 is 0 Å². The minimum Gasteiger partial charge on any atom is -0.492 e. The topological polar surface area (TPSA) is 90.4 Å². The summed E-state index contributed by atoms with van der Waals surface area (Å²) in [5.74, 6) is 3.12. The second-order valence-electron chi connectivity index (χ2n) is 9.74. The van der Waals surface area contributed by atoms with Crippen LogP contribution < -0.4 is 24.3 Å². The van der Waals surface area contributed by atoms with Gasteiger partial charge in [0.1, 0.15) is 42.0 Å². The maximum atomic E-state index is 6.55. The van der Waals surface area contributed by atoms with Gasteiger partial charge in [-0.25, -0.2) is 9.97 Å². The number of anilines is 2. The molecular weight excluding hydrogens is 522 g/mol. The first-order chi connectivity index (χ1) is 18.6. The van der Waals surface area contributed by atoms with E-state index in [0.29, 0.717) is 64.9 Å². The third-order valence-electron chi connectivity index (χ3n) is 7.14. The maximum absolute atomic E-state index is 6.55. The van der Waals surface area contributed by atoms with E-state index in [2.05, 4.69) is 32.1 Å². The van der Waals surface area contributed by atoms with Gasteiger partial charge in [0.2, 0.25) is 6.79 Å². The Bertz CT molecular complexity index is 1280. The minimum absolute atomic E-state index is 0. The smallest absolute Gasteiger partial charge is 0.231 e. The third kappa shape index (κ3) is 6.24. The van der Waals surface area contributed by atoms with Crippen LogP contribution in [0.2, 0.25) is 5.02 Å². The molecule has 11 heteroatoms. The molecule has 3 aromatic rings. The number of benzene rings is 2. The number of fused-ring (bicyclic) bond motifs is 2. The normalized spacial score (nSPS) is 18.1. The van der Waals surface area contributed by atoms with Gasteiger partial charge in [-0.15, -0.1) is 0 Å². The summed E-state index contributed by atoms with van der Waals surface area (Å²) in [5, 5.41) is 4.60. The van der Waals surface area contributed by atoms with Crippen LogP contribution in [0.25, 0.3) is 10.9 Å². The molecule has 0 spiro atoms. The maximum Gasteiger partial charge on any atom is 0.231 e. The number of nitrogens with zero attached hydrogens (tertiary/aromatic N) is 4. The second-order valence-corrected chi connectivity index (χ2v) is 10.1. The van der Waals surface area contributed by atoms with Crippen molar-refractivity contribution in [3.05, 3.63) is 35.6 Å². The Morgan fingerprint density at radius 3 is 2.72 bits per heavy atom. The molecule has 0 saturated carbocycles. The van der Waals surface area contributed by atoms with Gasteiger partial charge in [-0.1, -0.05) is 19.0 Å². The van der Waals surface area contributed by atoms with Crippen LogP contribution in [0, 0.1) is 0 Å². The van der Waals surface area contributed by atoms with Gasteiger partial charge in [0.15, 0.2) is 11.5 Å². The fourth-order valence-electron chi connectivity index (χ4n) is 4.92. The summed E-state index contributed by atoms with van der Waals surface area (Å²) in [4.78, 5) is 13.9. The summed E-state index contributed by atoms with van der Waals surface area (Å²) in [6.07, 6.45) is 3.18. The molecule has 1 N–H and O–H groups in total. The van der Waals surface area contributed by atoms with Crippen molar-refractivity contribution in [2.45, 2.75) is 26.4 Å². The zero-order chi connectivity index (χ0) is 25.9. The number of piperazine rings is 1. The molecule has 0 unspecified atom stereocenters. The van der Waals surface area contributed by atoms with E-state index in [1.807, 2.05) is 12.1 Å². The molecule has 0 aliphatic carbocycles. The quantitative estimate of drug-likeness (QED) is 0.424. The molecule has 0 radical (unpaired) electrons. The zero-order valence-corrected chi connectivity index (χ0v) is 22.2. The third-order valence-corrected chi connectivity index (χ3v) is 7.46. The Kier molecular flexibility index (Phi) is 8.76. The number of halogens is 1. The number of hydrogen-bond donors (Lipinski definition) is 1. The molecule has 210 valence electrons. The summed E-state index contributed by atoms with van der Waals surface area (Å²) in [6, 6.07) is 7.43. The number of nitrogens with one attached hydrogen (secondary N) is 1. The summed E-state index contributed by atoms with van der Waals surface area (Å²) >= 11 is 6.55. The lowest BCUT2D eigenvalue weighted by atomic mass is 10.1. The van der Waals surface area contributed by atoms with Gasteiger partial charge in [0.05, 0.1) is 29.1 Å². The highest BCUT2D eigenvalue weighted by molar-refractivity contribution is 6.34. The molecule has 0 amide bonds. The lowest BCUT2D eigenvalue weighted by Crippen LogP contribution is -2.45. The largest absolute Gasteiger partial charge is 0.492 e. The number of rotatable bonds is 8. The second kappa shape index (κ2) is 12.4. The number of hydrogen-bond acceptors (Lipinski definition) is 10. The van der Waals surface area contributed by atoms with Crippen molar-refractivity contribution in [1.82, 2.24) is 19.8 Å². The van der Waals surface area contributed by atoms with E-state index in [4.69, 9.17) is 35.3 Å². The lowest BCUT2D eigenvalue weighted by Gasteiger charge is -2.32. The first-order valence-corrected chi connectivity index (χ1v) is 13.4. The van der Waals surface area contributed by atoms with Crippen molar-refractivity contribution < 1.29 is 23.7 Å². The van der Waals surface area contributed by atoms with E-state index in [1.165, 1.54) is 6.33 Å². The SMILES string of the molecule is C.CN1CCN(CCOc2cc(OC3CCOCC3)c3c(Nc4c(Cl)ccc5c4OCO5)ncnc3c2)CC1. The highest BCUT2D eigenvalue weighted by atomic mass is 35.5. The summed E-state index contributed by atoms with van der Waals surface area (Å²) in [5.41, 5.74) is 1.30. The van der Waals surface area contributed by atoms with E-state index in [-0.39, 0.29) is 20.3 Å². The molecule has 1 aromatic heterocycles. The predicted molar refractivity (Wildman–Crippen MR) is 151 cm³/mol. The first-order valence-electron chi connectivity index (χ1n) is 13.1. The Morgan fingerprint density at radius 1 is 1.08 bits per heavy atom. The van der Waals surface area contributed by atoms with Crippen LogP contribution in [0.15, 0.2) is 30.6 Å². The fourth-order valence-corrected chi connectivity index (χ4v) is 5.12. The van der Waals surface area contributed by atoms with Crippen molar-refractivity contribution in [2.75, 3.05) is 71.7 Å². The van der Waals surface area contributed by atoms with Crippen molar-refractivity contribution >= 4 is 34.0 Å². The number of likely N-dealkylation sites (N-methyl/N-ethyl adjacent to an activating group) is 1. The Morgan fingerprint density at radius 2 is 1.90 bits per heavy atom. The Labute approximate surface area is 234 Å². The van der Waals surface area contributed by atoms with Gasteiger partial charge in [-0.3, -0.25) is 4.90 Å². The molecule has 39 heavy (non-hydrogen) atoms. The van der Waals surface area contributed by atoms with Gasteiger partial charge in [0.25, 0.3) is 0 Å². The number of ether oxygens (including phenoxy) is 5. The van der Waals surface area contributed by atoms with E-state index in [9.17, 15) is 0 Å². The van der Waals surface area contributed by atoms with E-state index in [1.54, 1.807) is 12.1 Å². The fraction of sp³-hybridized carbons (Fsp3) is 0.500. The summed E-state index contributed by atoms with van der Waals surface area (Å²) in [7, 11) is 2.16. The molecule has 2 aromatic carbocycles. The van der Waals surface area contributed by atoms with Crippen LogP contribution in [-0.4, -0.2) is 92.3 Å². The van der Waals surface area contributed by atoms with Crippen LogP contribution in [0.5, 0.6) is 23.0 Å². The molecular formula is C28H36ClN5O5. The van der Waals surface area contributed by atoms with E-state index in [0.717, 1.165) is 51.0 Å². The van der Waals surface area contributed by atoms with Crippen molar-refractivity contribution in [3.63, 3.8) is 0 Å². The van der Waals surface area contributed by atoms with Crippen LogP contribution in [0.3, 0.4) is 0 Å². The van der Waals surface area contributed by atoms with Gasteiger partial charge in [-0.2, -0.15) is 0 Å². The molecule has 3 aliphatic heterocycles. The Hall–Kier alpha value is -3.05. The average Bonchev–Trinajstić information content (AvgIpc) is 3.41. The molecule has 0 atom stereocenters. The van der Waals surface area contributed by atoms with Gasteiger partial charge < -0.3 is 33.9 Å². The highest BCUT2D eigenvalue weighted by Crippen LogP contribution is 2.46.